The fraction of sp³-hybridized carbons (Fsp3) is 0.143. The monoisotopic (exact) mass is 371 g/mol. The van der Waals surface area contributed by atoms with Crippen molar-refractivity contribution in [3.8, 4) is 5.75 Å². The highest BCUT2D eigenvalue weighted by Crippen LogP contribution is 2.33. The molecule has 0 radical (unpaired) electrons. The highest BCUT2D eigenvalue weighted by atomic mass is 127. The van der Waals surface area contributed by atoms with Crippen molar-refractivity contribution in [2.24, 2.45) is 0 Å². The number of benzene rings is 2. The summed E-state index contributed by atoms with van der Waals surface area (Å²) in [5.74, 6) is 1.77. The van der Waals surface area contributed by atoms with E-state index in [1.807, 2.05) is 18.2 Å². The molecular weight excluding hydrogens is 357 g/mol. The van der Waals surface area contributed by atoms with Gasteiger partial charge in [0.2, 0.25) is 0 Å². The van der Waals surface area contributed by atoms with Crippen LogP contribution in [0.15, 0.2) is 47.4 Å². The van der Waals surface area contributed by atoms with Crippen molar-refractivity contribution in [3.63, 3.8) is 0 Å². The fourth-order valence-corrected chi connectivity index (χ4v) is 2.87. The lowest BCUT2D eigenvalue weighted by atomic mass is 10.2. The molecule has 4 heteroatoms. The highest BCUT2D eigenvalue weighted by molar-refractivity contribution is 14.1. The van der Waals surface area contributed by atoms with Crippen LogP contribution in [0.4, 0.5) is 5.69 Å². The molecule has 0 aromatic heterocycles. The van der Waals surface area contributed by atoms with Crippen LogP contribution in [0.5, 0.6) is 5.75 Å². The Morgan fingerprint density at radius 3 is 2.56 bits per heavy atom. The molecule has 0 amide bonds. The molecule has 0 heterocycles. The third-order valence-electron chi connectivity index (χ3n) is 2.50. The van der Waals surface area contributed by atoms with Gasteiger partial charge in [-0.05, 0) is 52.4 Å². The van der Waals surface area contributed by atoms with E-state index in [2.05, 4.69) is 46.9 Å². The van der Waals surface area contributed by atoms with Crippen LogP contribution in [-0.4, -0.2) is 7.11 Å². The van der Waals surface area contributed by atoms with Gasteiger partial charge in [-0.1, -0.05) is 12.1 Å². The molecule has 0 unspecified atom stereocenters. The second kappa shape index (κ2) is 6.33. The molecule has 0 aliphatic carbocycles. The maximum absolute atomic E-state index is 5.74. The van der Waals surface area contributed by atoms with Gasteiger partial charge in [0.25, 0.3) is 0 Å². The van der Waals surface area contributed by atoms with Gasteiger partial charge in [-0.3, -0.25) is 0 Å². The largest absolute Gasteiger partial charge is 0.496 e. The van der Waals surface area contributed by atoms with Gasteiger partial charge in [-0.2, -0.15) is 0 Å². The summed E-state index contributed by atoms with van der Waals surface area (Å²) in [5, 5.41) is 0. The Bertz CT molecular complexity index is 528. The first-order chi connectivity index (χ1) is 8.69. The highest BCUT2D eigenvalue weighted by Gasteiger charge is 2.04. The Kier molecular flexibility index (Phi) is 4.77. The van der Waals surface area contributed by atoms with Crippen LogP contribution < -0.4 is 10.5 Å². The average molecular weight is 371 g/mol. The molecule has 0 saturated carbocycles. The van der Waals surface area contributed by atoms with Crippen LogP contribution in [0, 0.1) is 3.57 Å². The molecule has 2 N–H and O–H groups in total. The summed E-state index contributed by atoms with van der Waals surface area (Å²) in [6, 6.07) is 14.3. The molecule has 18 heavy (non-hydrogen) atoms. The third-order valence-corrected chi connectivity index (χ3v) is 4.34. The quantitative estimate of drug-likeness (QED) is 0.498. The zero-order valence-electron chi connectivity index (χ0n) is 10.0. The first-order valence-electron chi connectivity index (χ1n) is 5.50. The van der Waals surface area contributed by atoms with E-state index in [1.165, 1.54) is 9.13 Å². The summed E-state index contributed by atoms with van der Waals surface area (Å²) in [7, 11) is 1.67. The lowest BCUT2D eigenvalue weighted by molar-refractivity contribution is 0.405. The molecule has 2 aromatic rings. The van der Waals surface area contributed by atoms with Gasteiger partial charge in [-0.15, -0.1) is 11.8 Å². The van der Waals surface area contributed by atoms with E-state index in [4.69, 9.17) is 10.5 Å². The molecule has 94 valence electrons. The number of rotatable bonds is 4. The van der Waals surface area contributed by atoms with Crippen LogP contribution in [0.2, 0.25) is 0 Å². The van der Waals surface area contributed by atoms with E-state index in [0.29, 0.717) is 0 Å². The van der Waals surface area contributed by atoms with E-state index in [1.54, 1.807) is 18.9 Å². The number of nitrogen functional groups attached to an aromatic ring is 1. The number of methoxy groups -OCH3 is 1. The van der Waals surface area contributed by atoms with Gasteiger partial charge in [0, 0.05) is 26.0 Å². The summed E-state index contributed by atoms with van der Waals surface area (Å²) < 4.78 is 6.59. The smallest absolute Gasteiger partial charge is 0.134 e. The SMILES string of the molecule is COc1cc(N)ccc1SCc1ccc(I)cc1. The Hall–Kier alpha value is -0.880. The lowest BCUT2D eigenvalue weighted by Gasteiger charge is -2.09. The van der Waals surface area contributed by atoms with Crippen LogP contribution in [0.25, 0.3) is 0 Å². The molecule has 0 bridgehead atoms. The molecule has 2 aromatic carbocycles. The predicted octanol–water partition coefficient (Wildman–Crippen LogP) is 4.17. The van der Waals surface area contributed by atoms with Gasteiger partial charge in [-0.25, -0.2) is 0 Å². The maximum atomic E-state index is 5.74. The first kappa shape index (κ1) is 13.5. The van der Waals surface area contributed by atoms with E-state index in [9.17, 15) is 0 Å². The molecule has 0 aliphatic rings. The third kappa shape index (κ3) is 3.55. The summed E-state index contributed by atoms with van der Waals surface area (Å²) >= 11 is 4.07. The zero-order chi connectivity index (χ0) is 13.0. The molecule has 0 saturated heterocycles. The van der Waals surface area contributed by atoms with Crippen molar-refractivity contribution in [1.29, 1.82) is 0 Å². The molecule has 0 atom stereocenters. The van der Waals surface area contributed by atoms with Crippen LogP contribution in [0.3, 0.4) is 0 Å². The fourth-order valence-electron chi connectivity index (χ4n) is 1.55. The van der Waals surface area contributed by atoms with Crippen LogP contribution in [-0.2, 0) is 5.75 Å². The van der Waals surface area contributed by atoms with Gasteiger partial charge in [0.05, 0.1) is 7.11 Å². The maximum Gasteiger partial charge on any atom is 0.134 e. The van der Waals surface area contributed by atoms with Crippen LogP contribution >= 0.6 is 34.4 Å². The Labute approximate surface area is 125 Å². The summed E-state index contributed by atoms with van der Waals surface area (Å²) in [6.45, 7) is 0. The van der Waals surface area contributed by atoms with Crippen molar-refractivity contribution in [2.75, 3.05) is 12.8 Å². The summed E-state index contributed by atoms with van der Waals surface area (Å²) in [6.07, 6.45) is 0. The number of ether oxygens (including phenoxy) is 1. The van der Waals surface area contributed by atoms with Crippen molar-refractivity contribution in [1.82, 2.24) is 0 Å². The number of hydrogen-bond acceptors (Lipinski definition) is 3. The van der Waals surface area contributed by atoms with E-state index in [-0.39, 0.29) is 0 Å². The minimum Gasteiger partial charge on any atom is -0.496 e. The lowest BCUT2D eigenvalue weighted by Crippen LogP contribution is -1.90. The number of thioether (sulfide) groups is 1. The van der Waals surface area contributed by atoms with Gasteiger partial charge < -0.3 is 10.5 Å². The molecule has 0 fully saturated rings. The van der Waals surface area contributed by atoms with Crippen molar-refractivity contribution < 1.29 is 4.74 Å². The minimum absolute atomic E-state index is 0.727. The van der Waals surface area contributed by atoms with Gasteiger partial charge in [0.15, 0.2) is 0 Å². The van der Waals surface area contributed by atoms with Crippen molar-refractivity contribution >= 4 is 40.0 Å². The van der Waals surface area contributed by atoms with Gasteiger partial charge in [0.1, 0.15) is 5.75 Å². The molecular formula is C14H14INOS. The topological polar surface area (TPSA) is 35.2 Å². The number of anilines is 1. The Balaban J connectivity index is 2.08. The normalized spacial score (nSPS) is 10.3. The molecule has 0 spiro atoms. The summed E-state index contributed by atoms with van der Waals surface area (Å²) in [5.41, 5.74) is 7.77. The van der Waals surface area contributed by atoms with E-state index in [0.717, 1.165) is 22.1 Å². The number of hydrogen-bond donors (Lipinski definition) is 1. The van der Waals surface area contributed by atoms with E-state index >= 15 is 0 Å². The summed E-state index contributed by atoms with van der Waals surface area (Å²) in [4.78, 5) is 1.12. The number of halogens is 1. The van der Waals surface area contributed by atoms with Crippen molar-refractivity contribution in [2.45, 2.75) is 10.6 Å². The average Bonchev–Trinajstić information content (AvgIpc) is 2.39. The zero-order valence-corrected chi connectivity index (χ0v) is 13.0. The standard InChI is InChI=1S/C14H14INOS/c1-17-13-8-12(16)6-7-14(13)18-9-10-2-4-11(15)5-3-10/h2-8H,9,16H2,1H3. The molecule has 0 aliphatic heterocycles. The molecule has 2 rings (SSSR count). The van der Waals surface area contributed by atoms with E-state index < -0.39 is 0 Å². The first-order valence-corrected chi connectivity index (χ1v) is 7.56. The Morgan fingerprint density at radius 2 is 1.89 bits per heavy atom. The Morgan fingerprint density at radius 1 is 1.17 bits per heavy atom. The van der Waals surface area contributed by atoms with Gasteiger partial charge >= 0.3 is 0 Å². The second-order valence-corrected chi connectivity index (χ2v) is 6.09. The molecule has 2 nitrogen and oxygen atoms in total. The minimum atomic E-state index is 0.727. The van der Waals surface area contributed by atoms with Crippen LogP contribution in [0.1, 0.15) is 5.56 Å². The second-order valence-electron chi connectivity index (χ2n) is 3.83. The predicted molar refractivity (Wildman–Crippen MR) is 86.1 cm³/mol. The van der Waals surface area contributed by atoms with Crippen molar-refractivity contribution in [3.05, 3.63) is 51.6 Å². The number of nitrogens with two attached hydrogens (primary N) is 1.